The van der Waals surface area contributed by atoms with Gasteiger partial charge in [-0.25, -0.2) is 14.6 Å². The maximum atomic E-state index is 13.5. The number of methoxy groups -OCH3 is 2. The van der Waals surface area contributed by atoms with Crippen molar-refractivity contribution in [2.45, 2.75) is 25.1 Å². The lowest BCUT2D eigenvalue weighted by Crippen LogP contribution is -2.44. The minimum Gasteiger partial charge on any atom is -0.493 e. The summed E-state index contributed by atoms with van der Waals surface area (Å²) >= 11 is 1.11. The summed E-state index contributed by atoms with van der Waals surface area (Å²) < 4.78 is 15.7. The number of anilines is 1. The smallest absolute Gasteiger partial charge is 0.338 e. The standard InChI is InChI=1S/C30H29N3O8S/c1-4-41-29(38)19-9-11-21(12-10-19)32-30-33(17-18-8-13-23(39-2)24(14-18)40-3)26(34)16-25(42-30)27(35)31-22-7-5-6-20(15-22)28(36)37/h5-15,25H,4,16-17H2,1-3H3,(H,31,35)(H,36,37). The molecule has 0 radical (unpaired) electrons. The van der Waals surface area contributed by atoms with Gasteiger partial charge in [0.2, 0.25) is 11.8 Å². The Morgan fingerprint density at radius 3 is 2.40 bits per heavy atom. The van der Waals surface area contributed by atoms with Gasteiger partial charge in [-0.15, -0.1) is 0 Å². The number of hydrogen-bond donors (Lipinski definition) is 2. The number of thioether (sulfide) groups is 1. The fraction of sp³-hybridized carbons (Fsp3) is 0.233. The number of carbonyl (C=O) groups excluding carboxylic acids is 3. The van der Waals surface area contributed by atoms with Crippen LogP contribution in [0, 0.1) is 0 Å². The number of aromatic carboxylic acids is 1. The third-order valence-electron chi connectivity index (χ3n) is 6.20. The number of carboxylic acids is 1. The number of nitrogens with one attached hydrogen (secondary N) is 1. The summed E-state index contributed by atoms with van der Waals surface area (Å²) in [5, 5.41) is 11.4. The topological polar surface area (TPSA) is 144 Å². The molecule has 0 saturated carbocycles. The van der Waals surface area contributed by atoms with Crippen LogP contribution >= 0.6 is 11.8 Å². The number of rotatable bonds is 10. The molecule has 11 nitrogen and oxygen atoms in total. The van der Waals surface area contributed by atoms with Crippen LogP contribution in [0.25, 0.3) is 0 Å². The Labute approximate surface area is 246 Å². The quantitative estimate of drug-likeness (QED) is 0.320. The third-order valence-corrected chi connectivity index (χ3v) is 7.39. The number of amides is 2. The molecule has 3 aromatic rings. The number of nitrogens with zero attached hydrogens (tertiary/aromatic N) is 2. The average Bonchev–Trinajstić information content (AvgIpc) is 2.99. The molecular weight excluding hydrogens is 562 g/mol. The van der Waals surface area contributed by atoms with Crippen LogP contribution in [0.1, 0.15) is 39.6 Å². The van der Waals surface area contributed by atoms with Crippen LogP contribution in [0.2, 0.25) is 0 Å². The van der Waals surface area contributed by atoms with Crippen LogP contribution < -0.4 is 14.8 Å². The van der Waals surface area contributed by atoms with E-state index in [9.17, 15) is 24.3 Å². The molecule has 1 heterocycles. The Morgan fingerprint density at radius 1 is 1.00 bits per heavy atom. The highest BCUT2D eigenvalue weighted by Gasteiger charge is 2.36. The molecule has 1 saturated heterocycles. The van der Waals surface area contributed by atoms with Gasteiger partial charge in [-0.05, 0) is 67.1 Å². The van der Waals surface area contributed by atoms with Crippen LogP contribution in [0.5, 0.6) is 11.5 Å². The molecule has 0 spiro atoms. The molecule has 42 heavy (non-hydrogen) atoms. The predicted octanol–water partition coefficient (Wildman–Crippen LogP) is 4.74. The summed E-state index contributed by atoms with van der Waals surface area (Å²) in [6.45, 7) is 2.12. The number of esters is 1. The summed E-state index contributed by atoms with van der Waals surface area (Å²) in [4.78, 5) is 56.2. The zero-order chi connectivity index (χ0) is 30.2. The van der Waals surface area contributed by atoms with Crippen LogP contribution in [0.3, 0.4) is 0 Å². The largest absolute Gasteiger partial charge is 0.493 e. The summed E-state index contributed by atoms with van der Waals surface area (Å²) in [5.41, 5.74) is 1.89. The van der Waals surface area contributed by atoms with Crippen molar-refractivity contribution < 1.29 is 38.5 Å². The molecule has 2 amide bonds. The predicted molar refractivity (Wildman–Crippen MR) is 158 cm³/mol. The van der Waals surface area contributed by atoms with E-state index in [-0.39, 0.29) is 36.2 Å². The number of ether oxygens (including phenoxy) is 3. The minimum absolute atomic E-state index is 0.0229. The second kappa shape index (κ2) is 13.7. The second-order valence-corrected chi connectivity index (χ2v) is 10.2. The van der Waals surface area contributed by atoms with Crippen molar-refractivity contribution >= 4 is 52.1 Å². The number of benzene rings is 3. The first-order valence-electron chi connectivity index (χ1n) is 12.9. The number of hydrogen-bond acceptors (Lipinski definition) is 9. The van der Waals surface area contributed by atoms with Crippen LogP contribution in [-0.2, 0) is 20.9 Å². The van der Waals surface area contributed by atoms with Gasteiger partial charge in [-0.2, -0.15) is 0 Å². The van der Waals surface area contributed by atoms with Crippen LogP contribution in [-0.4, -0.2) is 65.0 Å². The van der Waals surface area contributed by atoms with Gasteiger partial charge in [-0.3, -0.25) is 14.5 Å². The minimum atomic E-state index is -1.12. The number of carboxylic acid groups (broad SMARTS) is 1. The zero-order valence-corrected chi connectivity index (χ0v) is 24.0. The highest BCUT2D eigenvalue weighted by molar-refractivity contribution is 8.15. The first-order valence-corrected chi connectivity index (χ1v) is 13.8. The Bertz CT molecular complexity index is 1520. The fourth-order valence-corrected chi connectivity index (χ4v) is 5.21. The van der Waals surface area contributed by atoms with Crippen molar-refractivity contribution in [3.63, 3.8) is 0 Å². The van der Waals surface area contributed by atoms with Gasteiger partial charge >= 0.3 is 11.9 Å². The SMILES string of the molecule is CCOC(=O)c1ccc(N=C2SC(C(=O)Nc3cccc(C(=O)O)c3)CC(=O)N2Cc2ccc(OC)c(OC)c2)cc1. The van der Waals surface area contributed by atoms with E-state index in [4.69, 9.17) is 14.2 Å². The average molecular weight is 592 g/mol. The molecule has 1 unspecified atom stereocenters. The number of amidine groups is 1. The van der Waals surface area contributed by atoms with Crippen molar-refractivity contribution in [1.82, 2.24) is 4.90 Å². The molecule has 12 heteroatoms. The number of aliphatic imine (C=N–C) groups is 1. The Balaban J connectivity index is 1.63. The van der Waals surface area contributed by atoms with Gasteiger partial charge in [-0.1, -0.05) is 23.9 Å². The maximum absolute atomic E-state index is 13.5. The molecular formula is C30H29N3O8S. The summed E-state index contributed by atoms with van der Waals surface area (Å²) in [7, 11) is 3.05. The van der Waals surface area contributed by atoms with Crippen molar-refractivity contribution in [2.24, 2.45) is 4.99 Å². The van der Waals surface area contributed by atoms with E-state index in [2.05, 4.69) is 10.3 Å². The lowest BCUT2D eigenvalue weighted by molar-refractivity contribution is -0.129. The molecule has 1 fully saturated rings. The molecule has 0 bridgehead atoms. The van der Waals surface area contributed by atoms with E-state index in [1.54, 1.807) is 55.5 Å². The van der Waals surface area contributed by atoms with Crippen molar-refractivity contribution in [2.75, 3.05) is 26.1 Å². The molecule has 0 aromatic heterocycles. The highest BCUT2D eigenvalue weighted by atomic mass is 32.2. The lowest BCUT2D eigenvalue weighted by Gasteiger charge is -2.32. The normalized spacial score (nSPS) is 15.7. The van der Waals surface area contributed by atoms with E-state index < -0.39 is 23.1 Å². The van der Waals surface area contributed by atoms with Gasteiger partial charge in [0.1, 0.15) is 5.25 Å². The van der Waals surface area contributed by atoms with Crippen LogP contribution in [0.15, 0.2) is 71.7 Å². The second-order valence-electron chi connectivity index (χ2n) is 9.02. The molecule has 1 aliphatic rings. The van der Waals surface area contributed by atoms with Crippen molar-refractivity contribution in [1.29, 1.82) is 0 Å². The molecule has 1 aliphatic heterocycles. The first-order chi connectivity index (χ1) is 20.2. The van der Waals surface area contributed by atoms with Gasteiger partial charge in [0.15, 0.2) is 16.7 Å². The number of carbonyl (C=O) groups is 4. The van der Waals surface area contributed by atoms with E-state index in [0.717, 1.165) is 17.3 Å². The molecule has 3 aromatic carbocycles. The van der Waals surface area contributed by atoms with Gasteiger partial charge in [0.05, 0.1) is 44.2 Å². The van der Waals surface area contributed by atoms with E-state index >= 15 is 0 Å². The van der Waals surface area contributed by atoms with Gasteiger partial charge in [0, 0.05) is 12.1 Å². The zero-order valence-electron chi connectivity index (χ0n) is 23.2. The Morgan fingerprint density at radius 2 is 1.74 bits per heavy atom. The fourth-order valence-electron chi connectivity index (χ4n) is 4.11. The molecule has 1 atom stereocenters. The van der Waals surface area contributed by atoms with E-state index in [1.165, 1.54) is 37.3 Å². The van der Waals surface area contributed by atoms with Crippen molar-refractivity contribution in [3.8, 4) is 11.5 Å². The van der Waals surface area contributed by atoms with Crippen molar-refractivity contribution in [3.05, 3.63) is 83.4 Å². The van der Waals surface area contributed by atoms with E-state index in [0.29, 0.717) is 28.4 Å². The molecule has 2 N–H and O–H groups in total. The summed E-state index contributed by atoms with van der Waals surface area (Å²) in [6, 6.07) is 17.6. The maximum Gasteiger partial charge on any atom is 0.338 e. The Kier molecular flexibility index (Phi) is 9.81. The van der Waals surface area contributed by atoms with Crippen LogP contribution in [0.4, 0.5) is 11.4 Å². The lowest BCUT2D eigenvalue weighted by atomic mass is 10.1. The molecule has 0 aliphatic carbocycles. The molecule has 4 rings (SSSR count). The molecule has 218 valence electrons. The first kappa shape index (κ1) is 30.1. The third kappa shape index (κ3) is 7.26. The summed E-state index contributed by atoms with van der Waals surface area (Å²) in [6.07, 6.45) is -0.108. The van der Waals surface area contributed by atoms with Gasteiger partial charge in [0.25, 0.3) is 0 Å². The highest BCUT2D eigenvalue weighted by Crippen LogP contribution is 2.33. The monoisotopic (exact) mass is 591 g/mol. The van der Waals surface area contributed by atoms with Gasteiger partial charge < -0.3 is 24.6 Å². The summed E-state index contributed by atoms with van der Waals surface area (Å²) in [5.74, 6) is -1.34. The van der Waals surface area contributed by atoms with E-state index in [1.807, 2.05) is 0 Å². The Hall–Kier alpha value is -4.84.